The van der Waals surface area contributed by atoms with Crippen LogP contribution in [0.1, 0.15) is 0 Å². The maximum absolute atomic E-state index is 6.11. The third kappa shape index (κ3) is 2.17. The summed E-state index contributed by atoms with van der Waals surface area (Å²) in [6.07, 6.45) is 0. The highest BCUT2D eigenvalue weighted by Gasteiger charge is 2.19. The van der Waals surface area contributed by atoms with E-state index in [9.17, 15) is 0 Å². The second-order valence-corrected chi connectivity index (χ2v) is 5.15. The third-order valence-corrected chi connectivity index (χ3v) is 3.49. The zero-order valence-electron chi connectivity index (χ0n) is 10.6. The fourth-order valence-electron chi connectivity index (χ4n) is 2.05. The van der Waals surface area contributed by atoms with E-state index in [-0.39, 0.29) is 0 Å². The molecule has 6 heteroatoms. The average Bonchev–Trinajstić information content (AvgIpc) is 2.97. The van der Waals surface area contributed by atoms with Crippen molar-refractivity contribution in [2.24, 2.45) is 7.05 Å². The van der Waals surface area contributed by atoms with Gasteiger partial charge in [-0.2, -0.15) is 5.10 Å². The van der Waals surface area contributed by atoms with Crippen LogP contribution in [-0.4, -0.2) is 9.78 Å². The molecule has 3 aromatic rings. The number of nitrogens with zero attached hydrogens (tertiary/aromatic N) is 2. The van der Waals surface area contributed by atoms with Crippen molar-refractivity contribution in [1.82, 2.24) is 9.78 Å². The van der Waals surface area contributed by atoms with E-state index in [1.165, 1.54) is 0 Å². The van der Waals surface area contributed by atoms with Crippen LogP contribution >= 0.6 is 23.2 Å². The highest BCUT2D eigenvalue weighted by molar-refractivity contribution is 6.30. The Hall–Kier alpha value is -1.91. The fourth-order valence-corrected chi connectivity index (χ4v) is 2.32. The van der Waals surface area contributed by atoms with Gasteiger partial charge >= 0.3 is 0 Å². The van der Waals surface area contributed by atoms with Crippen LogP contribution in [0.3, 0.4) is 0 Å². The molecule has 0 unspecified atom stereocenters. The molecule has 20 heavy (non-hydrogen) atoms. The Kier molecular flexibility index (Phi) is 3.20. The van der Waals surface area contributed by atoms with Crippen molar-refractivity contribution in [3.8, 4) is 22.6 Å². The summed E-state index contributed by atoms with van der Waals surface area (Å²) in [6.45, 7) is 0. The zero-order chi connectivity index (χ0) is 14.3. The lowest BCUT2D eigenvalue weighted by atomic mass is 10.0. The topological polar surface area (TPSA) is 57.0 Å². The molecule has 0 spiro atoms. The molecule has 0 radical (unpaired) electrons. The predicted molar refractivity (Wildman–Crippen MR) is 80.8 cm³/mol. The minimum Gasteiger partial charge on any atom is -0.443 e. The first kappa shape index (κ1) is 13.1. The Balaban J connectivity index is 2.21. The minimum atomic E-state index is 0.311. The predicted octanol–water partition coefficient (Wildman–Crippen LogP) is 4.24. The van der Waals surface area contributed by atoms with E-state index >= 15 is 0 Å². The van der Waals surface area contributed by atoms with Crippen molar-refractivity contribution in [1.29, 1.82) is 0 Å². The Morgan fingerprint density at radius 1 is 1.10 bits per heavy atom. The maximum Gasteiger partial charge on any atom is 0.194 e. The molecule has 0 saturated heterocycles. The first-order valence-electron chi connectivity index (χ1n) is 5.90. The van der Waals surface area contributed by atoms with Crippen LogP contribution in [0.2, 0.25) is 10.2 Å². The lowest BCUT2D eigenvalue weighted by Crippen LogP contribution is -1.97. The molecule has 3 rings (SSSR count). The molecule has 1 aromatic carbocycles. The van der Waals surface area contributed by atoms with Gasteiger partial charge in [-0.25, -0.2) is 0 Å². The van der Waals surface area contributed by atoms with Crippen molar-refractivity contribution >= 4 is 29.0 Å². The van der Waals surface area contributed by atoms with Gasteiger partial charge in [-0.3, -0.25) is 4.68 Å². The lowest BCUT2D eigenvalue weighted by molar-refractivity contribution is 0.580. The molecule has 0 aliphatic rings. The molecule has 0 saturated carbocycles. The number of halogens is 2. The monoisotopic (exact) mass is 307 g/mol. The third-order valence-electron chi connectivity index (χ3n) is 3.03. The molecule has 0 fully saturated rings. The molecule has 2 N–H and O–H groups in total. The van der Waals surface area contributed by atoms with Crippen LogP contribution in [0.4, 0.5) is 5.82 Å². The maximum atomic E-state index is 6.11. The Labute approximate surface area is 125 Å². The number of nitrogens with two attached hydrogens (primary N) is 1. The van der Waals surface area contributed by atoms with E-state index < -0.39 is 0 Å². The number of furan rings is 1. The van der Waals surface area contributed by atoms with Crippen LogP contribution in [0.25, 0.3) is 22.6 Å². The van der Waals surface area contributed by atoms with E-state index in [4.69, 9.17) is 33.4 Å². The summed E-state index contributed by atoms with van der Waals surface area (Å²) in [5.41, 5.74) is 8.48. The van der Waals surface area contributed by atoms with Gasteiger partial charge in [0.1, 0.15) is 11.5 Å². The van der Waals surface area contributed by atoms with Gasteiger partial charge in [-0.05, 0) is 41.4 Å². The molecule has 0 aliphatic carbocycles. The number of hydrogen-bond acceptors (Lipinski definition) is 3. The Bertz CT molecular complexity index is 759. The summed E-state index contributed by atoms with van der Waals surface area (Å²) >= 11 is 11.7. The normalized spacial score (nSPS) is 10.9. The summed E-state index contributed by atoms with van der Waals surface area (Å²) in [5.74, 6) is 1.13. The molecule has 2 aromatic heterocycles. The van der Waals surface area contributed by atoms with Crippen molar-refractivity contribution < 1.29 is 4.42 Å². The fraction of sp³-hybridized carbons (Fsp3) is 0.0714. The Morgan fingerprint density at radius 3 is 2.40 bits per heavy atom. The van der Waals surface area contributed by atoms with Crippen LogP contribution in [0, 0.1) is 0 Å². The van der Waals surface area contributed by atoms with Crippen molar-refractivity contribution in [3.05, 3.63) is 46.6 Å². The first-order valence-corrected chi connectivity index (χ1v) is 6.66. The number of rotatable bonds is 2. The van der Waals surface area contributed by atoms with Gasteiger partial charge in [0.25, 0.3) is 0 Å². The Morgan fingerprint density at radius 2 is 1.80 bits per heavy atom. The second-order valence-electron chi connectivity index (χ2n) is 4.34. The summed E-state index contributed by atoms with van der Waals surface area (Å²) in [7, 11) is 1.78. The number of aryl methyl sites for hydroxylation is 1. The molecule has 2 heterocycles. The van der Waals surface area contributed by atoms with Crippen molar-refractivity contribution in [3.63, 3.8) is 0 Å². The van der Waals surface area contributed by atoms with Crippen LogP contribution in [0.15, 0.2) is 40.8 Å². The van der Waals surface area contributed by atoms with Crippen molar-refractivity contribution in [2.45, 2.75) is 0 Å². The van der Waals surface area contributed by atoms with Crippen LogP contribution in [0.5, 0.6) is 0 Å². The summed E-state index contributed by atoms with van der Waals surface area (Å²) in [6, 6.07) is 10.8. The van der Waals surface area contributed by atoms with Gasteiger partial charge in [-0.1, -0.05) is 23.7 Å². The smallest absolute Gasteiger partial charge is 0.194 e. The van der Waals surface area contributed by atoms with E-state index in [1.54, 1.807) is 23.9 Å². The molecule has 4 nitrogen and oxygen atoms in total. The van der Waals surface area contributed by atoms with Gasteiger partial charge in [0.2, 0.25) is 0 Å². The van der Waals surface area contributed by atoms with Crippen LogP contribution < -0.4 is 5.73 Å². The average molecular weight is 308 g/mol. The number of anilines is 1. The largest absolute Gasteiger partial charge is 0.443 e. The lowest BCUT2D eigenvalue weighted by Gasteiger charge is -2.03. The number of nitrogen functional groups attached to an aromatic ring is 1. The van der Waals surface area contributed by atoms with Gasteiger partial charge in [0.05, 0.1) is 5.56 Å². The highest BCUT2D eigenvalue weighted by Crippen LogP contribution is 2.37. The highest BCUT2D eigenvalue weighted by atomic mass is 35.5. The molecular weight excluding hydrogens is 297 g/mol. The number of aromatic nitrogens is 2. The number of benzene rings is 1. The van der Waals surface area contributed by atoms with Gasteiger partial charge in [-0.15, -0.1) is 0 Å². The first-order chi connectivity index (χ1) is 9.56. The SMILES string of the molecule is Cn1nc(-c2ccc(Cl)o2)c(-c2ccc(Cl)cc2)c1N. The van der Waals surface area contributed by atoms with E-state index in [1.807, 2.05) is 24.3 Å². The zero-order valence-corrected chi connectivity index (χ0v) is 12.1. The molecule has 0 aliphatic heterocycles. The van der Waals surface area contributed by atoms with Crippen molar-refractivity contribution in [2.75, 3.05) is 5.73 Å². The molecular formula is C14H11Cl2N3O. The van der Waals surface area contributed by atoms with E-state index in [0.29, 0.717) is 27.5 Å². The van der Waals surface area contributed by atoms with E-state index in [0.717, 1.165) is 11.1 Å². The molecule has 0 atom stereocenters. The van der Waals surface area contributed by atoms with Crippen LogP contribution in [-0.2, 0) is 7.05 Å². The molecule has 102 valence electrons. The van der Waals surface area contributed by atoms with E-state index in [2.05, 4.69) is 5.10 Å². The minimum absolute atomic E-state index is 0.311. The van der Waals surface area contributed by atoms with Gasteiger partial charge in [0.15, 0.2) is 11.0 Å². The second kappa shape index (κ2) is 4.89. The summed E-state index contributed by atoms with van der Waals surface area (Å²) in [5, 5.41) is 5.38. The summed E-state index contributed by atoms with van der Waals surface area (Å²) in [4.78, 5) is 0. The van der Waals surface area contributed by atoms with Gasteiger partial charge < -0.3 is 10.2 Å². The number of hydrogen-bond donors (Lipinski definition) is 1. The quantitative estimate of drug-likeness (QED) is 0.770. The van der Waals surface area contributed by atoms with Gasteiger partial charge in [0, 0.05) is 12.1 Å². The molecule has 0 bridgehead atoms. The summed E-state index contributed by atoms with van der Waals surface area (Å²) < 4.78 is 7.04. The molecule has 0 amide bonds. The standard InChI is InChI=1S/C14H11Cl2N3O/c1-19-14(17)12(8-2-4-9(15)5-3-8)13(18-19)10-6-7-11(16)20-10/h2-7H,17H2,1H3.